The Morgan fingerprint density at radius 1 is 1.10 bits per heavy atom. The van der Waals surface area contributed by atoms with Crippen molar-refractivity contribution in [3.05, 3.63) is 23.8 Å². The van der Waals surface area contributed by atoms with E-state index in [0.29, 0.717) is 12.1 Å². The maximum Gasteiger partial charge on any atom is 0.330 e. The van der Waals surface area contributed by atoms with Gasteiger partial charge in [-0.15, -0.1) is 0 Å². The van der Waals surface area contributed by atoms with Gasteiger partial charge in [0.05, 0.1) is 21.3 Å². The van der Waals surface area contributed by atoms with Crippen LogP contribution in [0.5, 0.6) is 11.5 Å². The van der Waals surface area contributed by atoms with E-state index in [1.165, 1.54) is 39.5 Å². The number of likely N-dealkylation sites (N-methyl/N-ethyl adjacent to an activating group) is 1. The summed E-state index contributed by atoms with van der Waals surface area (Å²) in [5.74, 6) is -0.176. The zero-order valence-corrected chi connectivity index (χ0v) is 19.5. The van der Waals surface area contributed by atoms with Crippen molar-refractivity contribution in [2.24, 2.45) is 0 Å². The minimum absolute atomic E-state index is 0.0436. The predicted molar refractivity (Wildman–Crippen MR) is 119 cm³/mol. The molecule has 0 amide bonds. The number of benzene rings is 1. The molecule has 0 unspecified atom stereocenters. The van der Waals surface area contributed by atoms with Crippen LogP contribution in [0, 0.1) is 0 Å². The second-order valence-electron chi connectivity index (χ2n) is 7.36. The average molecular weight is 456 g/mol. The third-order valence-electron chi connectivity index (χ3n) is 5.16. The summed E-state index contributed by atoms with van der Waals surface area (Å²) < 4.78 is 43.7. The minimum Gasteiger partial charge on any atom is -0.493 e. The number of ether oxygens (including phenoxy) is 3. The number of rotatable bonds is 11. The molecule has 10 heteroatoms. The fraction of sp³-hybridized carbons (Fsp3) is 0.571. The number of unbranched alkanes of at least 4 members (excludes halogenated alkanes) is 1. The number of methoxy groups -OCH3 is 3. The number of piperazine rings is 1. The first-order chi connectivity index (χ1) is 14.8. The zero-order valence-electron chi connectivity index (χ0n) is 18.7. The van der Waals surface area contributed by atoms with Gasteiger partial charge < -0.3 is 24.0 Å². The predicted octanol–water partition coefficient (Wildman–Crippen LogP) is 1.20. The standard InChI is InChI=1S/C21H33N3O6S/c1-23-11-13-24(14-12-23)10-6-5-9-22-31(26,27)19-16-17(7-8-20(25)29-3)15-18(28-2)21(19)30-4/h7-8,15-16,22H,5-6,9-14H2,1-4H3/b8-7+. The number of sulfonamides is 1. The highest BCUT2D eigenvalue weighted by Gasteiger charge is 2.23. The third kappa shape index (κ3) is 7.49. The molecule has 0 atom stereocenters. The van der Waals surface area contributed by atoms with E-state index >= 15 is 0 Å². The van der Waals surface area contributed by atoms with Crippen LogP contribution in [0.25, 0.3) is 6.08 Å². The van der Waals surface area contributed by atoms with E-state index in [1.807, 2.05) is 0 Å². The van der Waals surface area contributed by atoms with E-state index in [4.69, 9.17) is 9.47 Å². The van der Waals surface area contributed by atoms with Crippen molar-refractivity contribution in [1.82, 2.24) is 14.5 Å². The number of esters is 1. The molecule has 9 nitrogen and oxygen atoms in total. The van der Waals surface area contributed by atoms with Crippen LogP contribution in [-0.2, 0) is 19.6 Å². The lowest BCUT2D eigenvalue weighted by molar-refractivity contribution is -0.134. The quantitative estimate of drug-likeness (QED) is 0.302. The lowest BCUT2D eigenvalue weighted by Crippen LogP contribution is -2.44. The highest BCUT2D eigenvalue weighted by atomic mass is 32.2. The second kappa shape index (κ2) is 12.0. The van der Waals surface area contributed by atoms with Crippen molar-refractivity contribution in [2.75, 3.05) is 67.6 Å². The molecule has 1 aromatic carbocycles. The Hall–Kier alpha value is -2.14. The molecule has 1 heterocycles. The summed E-state index contributed by atoms with van der Waals surface area (Å²) in [6, 6.07) is 3.03. The van der Waals surface area contributed by atoms with Crippen LogP contribution < -0.4 is 14.2 Å². The van der Waals surface area contributed by atoms with Crippen molar-refractivity contribution >= 4 is 22.1 Å². The summed E-state index contributed by atoms with van der Waals surface area (Å²) in [5.41, 5.74) is 0.471. The van der Waals surface area contributed by atoms with Crippen LogP contribution in [0.3, 0.4) is 0 Å². The summed E-state index contributed by atoms with van der Waals surface area (Å²) in [6.07, 6.45) is 4.31. The Kier molecular flexibility index (Phi) is 9.76. The Labute approximate surface area is 185 Å². The lowest BCUT2D eigenvalue weighted by atomic mass is 10.2. The number of hydrogen-bond donors (Lipinski definition) is 1. The normalized spacial score (nSPS) is 15.9. The minimum atomic E-state index is -3.84. The van der Waals surface area contributed by atoms with E-state index < -0.39 is 16.0 Å². The SMILES string of the molecule is COC(=O)/C=C/c1cc(OC)c(OC)c(S(=O)(=O)NCCCCN2CCN(C)CC2)c1. The highest BCUT2D eigenvalue weighted by Crippen LogP contribution is 2.36. The monoisotopic (exact) mass is 455 g/mol. The molecule has 1 aliphatic rings. The van der Waals surface area contributed by atoms with Gasteiger partial charge in [0.1, 0.15) is 4.90 Å². The number of carbonyl (C=O) groups is 1. The van der Waals surface area contributed by atoms with Crippen molar-refractivity contribution in [3.63, 3.8) is 0 Å². The fourth-order valence-electron chi connectivity index (χ4n) is 3.29. The Bertz CT molecular complexity index is 864. The van der Waals surface area contributed by atoms with Gasteiger partial charge >= 0.3 is 5.97 Å². The maximum atomic E-state index is 12.9. The van der Waals surface area contributed by atoms with Crippen molar-refractivity contribution in [2.45, 2.75) is 17.7 Å². The second-order valence-corrected chi connectivity index (χ2v) is 9.10. The molecular weight excluding hydrogens is 422 g/mol. The van der Waals surface area contributed by atoms with Gasteiger partial charge in [0.2, 0.25) is 10.0 Å². The summed E-state index contributed by atoms with van der Waals surface area (Å²) >= 11 is 0. The van der Waals surface area contributed by atoms with E-state index in [9.17, 15) is 13.2 Å². The van der Waals surface area contributed by atoms with Gasteiger partial charge in [-0.3, -0.25) is 0 Å². The average Bonchev–Trinajstić information content (AvgIpc) is 2.77. The van der Waals surface area contributed by atoms with Gasteiger partial charge in [-0.1, -0.05) is 0 Å². The highest BCUT2D eigenvalue weighted by molar-refractivity contribution is 7.89. The first-order valence-electron chi connectivity index (χ1n) is 10.2. The molecule has 1 aromatic rings. The van der Waals surface area contributed by atoms with Crippen LogP contribution in [0.2, 0.25) is 0 Å². The number of nitrogens with one attached hydrogen (secondary N) is 1. The van der Waals surface area contributed by atoms with Gasteiger partial charge in [0.25, 0.3) is 0 Å². The molecule has 1 saturated heterocycles. The Balaban J connectivity index is 2.04. The zero-order chi connectivity index (χ0) is 22.9. The number of carbonyl (C=O) groups excluding carboxylic acids is 1. The van der Waals surface area contributed by atoms with Crippen molar-refractivity contribution < 1.29 is 27.4 Å². The molecule has 1 fully saturated rings. The first-order valence-corrected chi connectivity index (χ1v) is 11.7. The summed E-state index contributed by atoms with van der Waals surface area (Å²) in [7, 11) is 2.36. The fourth-order valence-corrected chi connectivity index (χ4v) is 4.58. The van der Waals surface area contributed by atoms with Gasteiger partial charge in [-0.25, -0.2) is 17.9 Å². The van der Waals surface area contributed by atoms with E-state index in [1.54, 1.807) is 6.07 Å². The maximum absolute atomic E-state index is 12.9. The third-order valence-corrected chi connectivity index (χ3v) is 6.63. The smallest absolute Gasteiger partial charge is 0.330 e. The summed E-state index contributed by atoms with van der Waals surface area (Å²) in [5, 5.41) is 0. The molecule has 1 aliphatic heterocycles. The molecule has 1 N–H and O–H groups in total. The van der Waals surface area contributed by atoms with Gasteiger partial charge in [-0.2, -0.15) is 0 Å². The van der Waals surface area contributed by atoms with E-state index in [2.05, 4.69) is 26.3 Å². The van der Waals surface area contributed by atoms with Crippen LogP contribution in [-0.4, -0.2) is 91.8 Å². The van der Waals surface area contributed by atoms with Crippen molar-refractivity contribution in [1.29, 1.82) is 0 Å². The molecule has 174 valence electrons. The Morgan fingerprint density at radius 3 is 2.42 bits per heavy atom. The summed E-state index contributed by atoms with van der Waals surface area (Å²) in [6.45, 7) is 5.50. The molecule has 2 rings (SSSR count). The molecule has 0 bridgehead atoms. The number of nitrogens with zero attached hydrogens (tertiary/aromatic N) is 2. The van der Waals surface area contributed by atoms with E-state index in [0.717, 1.165) is 45.6 Å². The molecule has 0 radical (unpaired) electrons. The molecule has 0 aliphatic carbocycles. The first kappa shape index (κ1) is 25.1. The molecule has 0 saturated carbocycles. The van der Waals surface area contributed by atoms with Crippen LogP contribution in [0.4, 0.5) is 0 Å². The van der Waals surface area contributed by atoms with Gasteiger partial charge in [0.15, 0.2) is 11.5 Å². The van der Waals surface area contributed by atoms with Crippen LogP contribution in [0.1, 0.15) is 18.4 Å². The lowest BCUT2D eigenvalue weighted by Gasteiger charge is -2.32. The summed E-state index contributed by atoms with van der Waals surface area (Å²) in [4.78, 5) is 16.0. The largest absolute Gasteiger partial charge is 0.493 e. The number of hydrogen-bond acceptors (Lipinski definition) is 8. The van der Waals surface area contributed by atoms with Crippen molar-refractivity contribution in [3.8, 4) is 11.5 Å². The van der Waals surface area contributed by atoms with E-state index in [-0.39, 0.29) is 16.4 Å². The molecule has 31 heavy (non-hydrogen) atoms. The topological polar surface area (TPSA) is 97.4 Å². The van der Waals surface area contributed by atoms with Gasteiger partial charge in [0, 0.05) is 38.8 Å². The van der Waals surface area contributed by atoms with Gasteiger partial charge in [-0.05, 0) is 50.2 Å². The molecule has 0 aromatic heterocycles. The molecular formula is C21H33N3O6S. The molecule has 0 spiro atoms. The van der Waals surface area contributed by atoms with Crippen LogP contribution >= 0.6 is 0 Å². The Morgan fingerprint density at radius 2 is 1.81 bits per heavy atom. The van der Waals surface area contributed by atoms with Crippen LogP contribution in [0.15, 0.2) is 23.1 Å².